The van der Waals surface area contributed by atoms with Crippen LogP contribution >= 0.6 is 0 Å². The number of halogens is 2. The van der Waals surface area contributed by atoms with E-state index in [-0.39, 0.29) is 5.82 Å². The number of nitrogens with zero attached hydrogens (tertiary/aromatic N) is 2. The number of aromatic amines is 2. The normalized spacial score (nSPS) is 10.8. The number of carbonyl (C=O) groups is 1. The maximum absolute atomic E-state index is 13.7. The molecule has 3 heterocycles. The van der Waals surface area contributed by atoms with Crippen molar-refractivity contribution in [1.82, 2.24) is 19.9 Å². The molecule has 6 nitrogen and oxygen atoms in total. The lowest BCUT2D eigenvalue weighted by molar-refractivity contribution is 0.101. The van der Waals surface area contributed by atoms with Crippen LogP contribution in [-0.4, -0.2) is 25.8 Å². The van der Waals surface area contributed by atoms with Crippen molar-refractivity contribution in [2.75, 3.05) is 5.32 Å². The van der Waals surface area contributed by atoms with E-state index in [1.165, 1.54) is 6.07 Å². The van der Waals surface area contributed by atoms with Crippen molar-refractivity contribution in [2.24, 2.45) is 0 Å². The lowest BCUT2D eigenvalue weighted by atomic mass is 10.1. The zero-order valence-electron chi connectivity index (χ0n) is 14.8. The second-order valence-corrected chi connectivity index (χ2v) is 6.17. The number of anilines is 1. The molecule has 0 radical (unpaired) electrons. The third-order valence-corrected chi connectivity index (χ3v) is 4.31. The first-order valence-corrected chi connectivity index (χ1v) is 8.43. The lowest BCUT2D eigenvalue weighted by Crippen LogP contribution is -2.16. The molecule has 0 atom stereocenters. The molecule has 1 aromatic carbocycles. The van der Waals surface area contributed by atoms with E-state index >= 15 is 0 Å². The number of pyridine rings is 1. The van der Waals surface area contributed by atoms with Crippen molar-refractivity contribution >= 4 is 11.7 Å². The van der Waals surface area contributed by atoms with Crippen molar-refractivity contribution in [2.45, 2.75) is 6.92 Å². The van der Waals surface area contributed by atoms with Crippen LogP contribution in [0.5, 0.6) is 0 Å². The second kappa shape index (κ2) is 7.07. The molecule has 4 aromatic rings. The molecular formula is C20H15F2N5O. The molecule has 4 rings (SSSR count). The molecule has 0 aliphatic heterocycles. The number of rotatable bonds is 4. The van der Waals surface area contributed by atoms with Crippen LogP contribution in [0.1, 0.15) is 16.1 Å². The van der Waals surface area contributed by atoms with Gasteiger partial charge < -0.3 is 15.3 Å². The summed E-state index contributed by atoms with van der Waals surface area (Å²) in [7, 11) is 0. The number of imidazole rings is 1. The number of nitrogens with one attached hydrogen (secondary N) is 3. The fourth-order valence-corrected chi connectivity index (χ4v) is 2.93. The van der Waals surface area contributed by atoms with Crippen LogP contribution in [0.4, 0.5) is 14.6 Å². The van der Waals surface area contributed by atoms with Gasteiger partial charge in [-0.3, -0.25) is 4.79 Å². The van der Waals surface area contributed by atoms with Gasteiger partial charge in [0.05, 0.1) is 23.9 Å². The van der Waals surface area contributed by atoms with Gasteiger partial charge in [0, 0.05) is 23.0 Å². The number of aryl methyl sites for hydroxylation is 1. The van der Waals surface area contributed by atoms with Crippen molar-refractivity contribution in [3.8, 4) is 22.5 Å². The summed E-state index contributed by atoms with van der Waals surface area (Å²) in [6.07, 6.45) is 4.90. The van der Waals surface area contributed by atoms with E-state index in [1.807, 2.05) is 13.0 Å². The number of benzene rings is 1. The number of carbonyl (C=O) groups excluding carboxylic acids is 1. The van der Waals surface area contributed by atoms with Crippen LogP contribution in [-0.2, 0) is 0 Å². The Kier molecular flexibility index (Phi) is 4.44. The Bertz CT molecular complexity index is 1110. The van der Waals surface area contributed by atoms with Gasteiger partial charge in [-0.15, -0.1) is 0 Å². The highest BCUT2D eigenvalue weighted by Crippen LogP contribution is 2.28. The maximum atomic E-state index is 13.7. The van der Waals surface area contributed by atoms with Gasteiger partial charge in [0.15, 0.2) is 0 Å². The largest absolute Gasteiger partial charge is 0.357 e. The highest BCUT2D eigenvalue weighted by atomic mass is 19.1. The first-order chi connectivity index (χ1) is 13.5. The molecule has 1 amide bonds. The van der Waals surface area contributed by atoms with Crippen LogP contribution in [0.25, 0.3) is 22.5 Å². The molecule has 3 aromatic heterocycles. The van der Waals surface area contributed by atoms with Gasteiger partial charge in [-0.2, -0.15) is 0 Å². The fraction of sp³-hybridized carbons (Fsp3) is 0.0500. The van der Waals surface area contributed by atoms with Crippen LogP contribution in [0.15, 0.2) is 55.1 Å². The predicted molar refractivity (Wildman–Crippen MR) is 101 cm³/mol. The minimum Gasteiger partial charge on any atom is -0.357 e. The van der Waals surface area contributed by atoms with Gasteiger partial charge in [-0.05, 0) is 37.3 Å². The molecule has 140 valence electrons. The average molecular weight is 379 g/mol. The van der Waals surface area contributed by atoms with Gasteiger partial charge in [0.25, 0.3) is 5.91 Å². The topological polar surface area (TPSA) is 86.5 Å². The zero-order chi connectivity index (χ0) is 19.7. The average Bonchev–Trinajstić information content (AvgIpc) is 3.32. The molecule has 0 bridgehead atoms. The van der Waals surface area contributed by atoms with Crippen LogP contribution < -0.4 is 5.32 Å². The molecule has 0 saturated heterocycles. The van der Waals surface area contributed by atoms with Crippen LogP contribution in [0, 0.1) is 18.6 Å². The molecule has 28 heavy (non-hydrogen) atoms. The smallest absolute Gasteiger partial charge is 0.262 e. The number of hydrogen-bond donors (Lipinski definition) is 3. The maximum Gasteiger partial charge on any atom is 0.262 e. The standard InChI is InChI=1S/C20H15F2N5O/c1-11-13(7-16(26-11)17-9-23-10-25-17)12-5-6-18(24-8-12)27-20(28)19-14(21)3-2-4-15(19)22/h2-10,26H,1H3,(H,23,25)(H,24,27,28). The summed E-state index contributed by atoms with van der Waals surface area (Å²) in [6, 6.07) is 8.57. The second-order valence-electron chi connectivity index (χ2n) is 6.17. The molecular weight excluding hydrogens is 364 g/mol. The molecule has 0 fully saturated rings. The molecule has 0 aliphatic carbocycles. The minimum absolute atomic E-state index is 0.193. The summed E-state index contributed by atoms with van der Waals surface area (Å²) in [5.41, 5.74) is 3.82. The minimum atomic E-state index is -0.927. The van der Waals surface area contributed by atoms with Crippen molar-refractivity contribution in [1.29, 1.82) is 0 Å². The van der Waals surface area contributed by atoms with E-state index in [0.717, 1.165) is 40.3 Å². The third-order valence-electron chi connectivity index (χ3n) is 4.31. The van der Waals surface area contributed by atoms with E-state index in [9.17, 15) is 13.6 Å². The van der Waals surface area contributed by atoms with Crippen molar-refractivity contribution in [3.05, 3.63) is 78.0 Å². The summed E-state index contributed by atoms with van der Waals surface area (Å²) in [5.74, 6) is -2.56. The Balaban J connectivity index is 1.56. The number of H-pyrrole nitrogens is 2. The van der Waals surface area contributed by atoms with Crippen LogP contribution in [0.3, 0.4) is 0 Å². The Hall–Kier alpha value is -3.81. The zero-order valence-corrected chi connectivity index (χ0v) is 14.8. The Morgan fingerprint density at radius 2 is 1.86 bits per heavy atom. The monoisotopic (exact) mass is 379 g/mol. The highest BCUT2D eigenvalue weighted by Gasteiger charge is 2.17. The summed E-state index contributed by atoms with van der Waals surface area (Å²) in [6.45, 7) is 1.94. The van der Waals surface area contributed by atoms with Crippen molar-refractivity contribution in [3.63, 3.8) is 0 Å². The van der Waals surface area contributed by atoms with Gasteiger partial charge in [0.2, 0.25) is 0 Å². The number of hydrogen-bond acceptors (Lipinski definition) is 3. The highest BCUT2D eigenvalue weighted by molar-refractivity contribution is 6.04. The van der Waals surface area contributed by atoms with Gasteiger partial charge in [0.1, 0.15) is 23.0 Å². The molecule has 0 aliphatic rings. The Morgan fingerprint density at radius 3 is 2.50 bits per heavy atom. The Labute approximate surface area is 158 Å². The summed E-state index contributed by atoms with van der Waals surface area (Å²) in [5, 5.41) is 2.41. The van der Waals surface area contributed by atoms with Crippen LogP contribution in [0.2, 0.25) is 0 Å². The molecule has 0 saturated carbocycles. The van der Waals surface area contributed by atoms with E-state index < -0.39 is 23.1 Å². The fourth-order valence-electron chi connectivity index (χ4n) is 2.93. The Morgan fingerprint density at radius 1 is 1.07 bits per heavy atom. The molecule has 3 N–H and O–H groups in total. The predicted octanol–water partition coefficient (Wildman–Crippen LogP) is 4.31. The third kappa shape index (κ3) is 3.27. The SMILES string of the molecule is Cc1[nH]c(-c2cnc[nH]2)cc1-c1ccc(NC(=O)c2c(F)cccc2F)nc1. The molecule has 0 spiro atoms. The van der Waals surface area contributed by atoms with E-state index in [1.54, 1.807) is 30.9 Å². The summed E-state index contributed by atoms with van der Waals surface area (Å²) in [4.78, 5) is 26.6. The van der Waals surface area contributed by atoms with Crippen molar-refractivity contribution < 1.29 is 13.6 Å². The number of aromatic nitrogens is 4. The number of amides is 1. The molecule has 0 unspecified atom stereocenters. The molecule has 8 heteroatoms. The first-order valence-electron chi connectivity index (χ1n) is 8.43. The van der Waals surface area contributed by atoms with Gasteiger partial charge in [-0.25, -0.2) is 18.7 Å². The first kappa shape index (κ1) is 17.6. The van der Waals surface area contributed by atoms with Gasteiger partial charge >= 0.3 is 0 Å². The summed E-state index contributed by atoms with van der Waals surface area (Å²) < 4.78 is 27.4. The van der Waals surface area contributed by atoms with E-state index in [4.69, 9.17) is 0 Å². The van der Waals surface area contributed by atoms with Gasteiger partial charge in [-0.1, -0.05) is 6.07 Å². The van der Waals surface area contributed by atoms with E-state index in [2.05, 4.69) is 25.3 Å². The van der Waals surface area contributed by atoms with E-state index in [0.29, 0.717) is 0 Å². The summed E-state index contributed by atoms with van der Waals surface area (Å²) >= 11 is 0. The quantitative estimate of drug-likeness (QED) is 0.494. The lowest BCUT2D eigenvalue weighted by Gasteiger charge is -2.07.